The zero-order valence-electron chi connectivity index (χ0n) is 8.68. The molecule has 1 heterocycles. The summed E-state index contributed by atoms with van der Waals surface area (Å²) in [4.78, 5) is 15.6. The summed E-state index contributed by atoms with van der Waals surface area (Å²) in [5.74, 6) is -0.266. The molecule has 0 fully saturated rings. The molecule has 0 radical (unpaired) electrons. The zero-order valence-corrected chi connectivity index (χ0v) is 8.68. The number of hydrogen-bond acceptors (Lipinski definition) is 3. The van der Waals surface area contributed by atoms with Gasteiger partial charge in [0, 0.05) is 0 Å². The van der Waals surface area contributed by atoms with Crippen LogP contribution in [-0.4, -0.2) is 22.6 Å². The van der Waals surface area contributed by atoms with Crippen LogP contribution in [0.1, 0.15) is 13.0 Å². The van der Waals surface area contributed by atoms with Gasteiger partial charge in [0.25, 0.3) is 0 Å². The lowest BCUT2D eigenvalue weighted by Crippen LogP contribution is -2.16. The smallest absolute Gasteiger partial charge is 0.328 e. The molecule has 0 amide bonds. The molecular formula is C11H12N2O2. The molecule has 0 aliphatic heterocycles. The fraction of sp³-hybridized carbons (Fsp3) is 0.273. The molecule has 1 atom stereocenters. The maximum Gasteiger partial charge on any atom is 0.328 e. The molecule has 0 saturated heterocycles. The van der Waals surface area contributed by atoms with Crippen LogP contribution < -0.4 is 0 Å². The lowest BCUT2D eigenvalue weighted by Gasteiger charge is -2.11. The quantitative estimate of drug-likeness (QED) is 0.700. The van der Waals surface area contributed by atoms with Crippen LogP contribution in [0.25, 0.3) is 11.0 Å². The van der Waals surface area contributed by atoms with E-state index < -0.39 is 0 Å². The maximum atomic E-state index is 11.4. The van der Waals surface area contributed by atoms with Crippen molar-refractivity contribution in [2.45, 2.75) is 13.0 Å². The number of ether oxygens (including phenoxy) is 1. The Bertz CT molecular complexity index is 490. The molecule has 0 aliphatic rings. The average Bonchev–Trinajstić information content (AvgIpc) is 2.70. The number of imidazole rings is 1. The predicted octanol–water partition coefficient (Wildman–Crippen LogP) is 1.77. The van der Waals surface area contributed by atoms with Crippen LogP contribution >= 0.6 is 0 Å². The van der Waals surface area contributed by atoms with E-state index in [1.807, 2.05) is 24.3 Å². The van der Waals surface area contributed by atoms with E-state index in [4.69, 9.17) is 4.74 Å². The van der Waals surface area contributed by atoms with E-state index >= 15 is 0 Å². The monoisotopic (exact) mass is 204 g/mol. The number of hydrogen-bond donors (Lipinski definition) is 0. The van der Waals surface area contributed by atoms with Crippen LogP contribution in [-0.2, 0) is 9.53 Å². The zero-order chi connectivity index (χ0) is 10.8. The molecule has 0 N–H and O–H groups in total. The van der Waals surface area contributed by atoms with Gasteiger partial charge in [-0.3, -0.25) is 0 Å². The fourth-order valence-electron chi connectivity index (χ4n) is 1.57. The number of rotatable bonds is 2. The van der Waals surface area contributed by atoms with E-state index in [2.05, 4.69) is 4.98 Å². The van der Waals surface area contributed by atoms with Crippen LogP contribution in [0.15, 0.2) is 30.6 Å². The summed E-state index contributed by atoms with van der Waals surface area (Å²) in [6.07, 6.45) is 1.66. The highest BCUT2D eigenvalue weighted by Gasteiger charge is 2.16. The van der Waals surface area contributed by atoms with Gasteiger partial charge in [-0.1, -0.05) is 12.1 Å². The van der Waals surface area contributed by atoms with E-state index in [1.165, 1.54) is 7.11 Å². The van der Waals surface area contributed by atoms with Crippen LogP contribution in [0.3, 0.4) is 0 Å². The SMILES string of the molecule is COC(=O)[C@@H](C)n1cnc2ccccc21. The molecule has 0 aliphatic carbocycles. The largest absolute Gasteiger partial charge is 0.467 e. The molecular weight excluding hydrogens is 192 g/mol. The van der Waals surface area contributed by atoms with Crippen molar-refractivity contribution < 1.29 is 9.53 Å². The van der Waals surface area contributed by atoms with Gasteiger partial charge in [-0.05, 0) is 19.1 Å². The van der Waals surface area contributed by atoms with Crippen LogP contribution in [0, 0.1) is 0 Å². The third-order valence-electron chi connectivity index (χ3n) is 2.44. The molecule has 0 unspecified atom stereocenters. The topological polar surface area (TPSA) is 44.1 Å². The fourth-order valence-corrected chi connectivity index (χ4v) is 1.57. The Morgan fingerprint density at radius 1 is 1.47 bits per heavy atom. The van der Waals surface area contributed by atoms with Crippen molar-refractivity contribution in [2.24, 2.45) is 0 Å². The highest BCUT2D eigenvalue weighted by Crippen LogP contribution is 2.17. The number of carbonyl (C=O) groups excluding carboxylic acids is 1. The molecule has 1 aromatic heterocycles. The number of aromatic nitrogens is 2. The summed E-state index contributed by atoms with van der Waals surface area (Å²) in [5, 5.41) is 0. The van der Waals surface area contributed by atoms with E-state index in [1.54, 1.807) is 17.8 Å². The van der Waals surface area contributed by atoms with Gasteiger partial charge < -0.3 is 9.30 Å². The van der Waals surface area contributed by atoms with Gasteiger partial charge in [-0.15, -0.1) is 0 Å². The van der Waals surface area contributed by atoms with Gasteiger partial charge in [-0.2, -0.15) is 0 Å². The Balaban J connectivity index is 2.48. The van der Waals surface area contributed by atoms with Crippen molar-refractivity contribution in [3.63, 3.8) is 0 Å². The van der Waals surface area contributed by atoms with Gasteiger partial charge in [-0.25, -0.2) is 9.78 Å². The normalized spacial score (nSPS) is 12.7. The maximum absolute atomic E-state index is 11.4. The van der Waals surface area contributed by atoms with Crippen LogP contribution in [0.4, 0.5) is 0 Å². The minimum atomic E-state index is -0.345. The molecule has 2 aromatic rings. The van der Waals surface area contributed by atoms with Gasteiger partial charge in [0.1, 0.15) is 6.04 Å². The van der Waals surface area contributed by atoms with Gasteiger partial charge in [0.15, 0.2) is 0 Å². The van der Waals surface area contributed by atoms with Gasteiger partial charge >= 0.3 is 5.97 Å². The van der Waals surface area contributed by atoms with Crippen molar-refractivity contribution >= 4 is 17.0 Å². The van der Waals surface area contributed by atoms with Crippen LogP contribution in [0.5, 0.6) is 0 Å². The number of carbonyl (C=O) groups is 1. The van der Waals surface area contributed by atoms with Crippen molar-refractivity contribution in [1.82, 2.24) is 9.55 Å². The van der Waals surface area contributed by atoms with Crippen LogP contribution in [0.2, 0.25) is 0 Å². The second kappa shape index (κ2) is 3.73. The summed E-state index contributed by atoms with van der Waals surface area (Å²) in [6.45, 7) is 1.79. The Labute approximate surface area is 87.5 Å². The highest BCUT2D eigenvalue weighted by molar-refractivity contribution is 5.80. The Kier molecular flexibility index (Phi) is 2.41. The van der Waals surface area contributed by atoms with E-state index in [0.717, 1.165) is 11.0 Å². The summed E-state index contributed by atoms with van der Waals surface area (Å²) in [5.41, 5.74) is 1.82. The third kappa shape index (κ3) is 1.58. The molecule has 1 aromatic carbocycles. The molecule has 0 bridgehead atoms. The Hall–Kier alpha value is -1.84. The molecule has 4 heteroatoms. The molecule has 0 saturated carbocycles. The van der Waals surface area contributed by atoms with Crippen molar-refractivity contribution in [2.75, 3.05) is 7.11 Å². The average molecular weight is 204 g/mol. The Morgan fingerprint density at radius 3 is 2.93 bits per heavy atom. The Morgan fingerprint density at radius 2 is 2.20 bits per heavy atom. The molecule has 2 rings (SSSR count). The third-order valence-corrected chi connectivity index (χ3v) is 2.44. The first-order valence-electron chi connectivity index (χ1n) is 4.73. The molecule has 4 nitrogen and oxygen atoms in total. The first kappa shape index (κ1) is 9.71. The van der Waals surface area contributed by atoms with Crippen molar-refractivity contribution in [3.8, 4) is 0 Å². The summed E-state index contributed by atoms with van der Waals surface area (Å²) >= 11 is 0. The number of para-hydroxylation sites is 2. The molecule has 78 valence electrons. The van der Waals surface area contributed by atoms with Gasteiger partial charge in [0.2, 0.25) is 0 Å². The predicted molar refractivity (Wildman–Crippen MR) is 56.5 cm³/mol. The standard InChI is InChI=1S/C11H12N2O2/c1-8(11(14)15-2)13-7-12-9-5-3-4-6-10(9)13/h3-8H,1-2H3/t8-/m1/s1. The summed E-state index contributed by atoms with van der Waals surface area (Å²) < 4.78 is 6.50. The number of methoxy groups -OCH3 is 1. The van der Waals surface area contributed by atoms with Crippen molar-refractivity contribution in [1.29, 1.82) is 0 Å². The second-order valence-corrected chi connectivity index (χ2v) is 3.34. The van der Waals surface area contributed by atoms with Crippen molar-refractivity contribution in [3.05, 3.63) is 30.6 Å². The number of esters is 1. The van der Waals surface area contributed by atoms with E-state index in [-0.39, 0.29) is 12.0 Å². The summed E-state index contributed by atoms with van der Waals surface area (Å²) in [6, 6.07) is 7.34. The first-order chi connectivity index (χ1) is 7.24. The lowest BCUT2D eigenvalue weighted by atomic mass is 10.3. The lowest BCUT2D eigenvalue weighted by molar-refractivity contribution is -0.143. The highest BCUT2D eigenvalue weighted by atomic mass is 16.5. The molecule has 15 heavy (non-hydrogen) atoms. The number of benzene rings is 1. The number of nitrogens with zero attached hydrogens (tertiary/aromatic N) is 2. The van der Waals surface area contributed by atoms with E-state index in [0.29, 0.717) is 0 Å². The van der Waals surface area contributed by atoms with Gasteiger partial charge in [0.05, 0.1) is 24.5 Å². The number of fused-ring (bicyclic) bond motifs is 1. The van der Waals surface area contributed by atoms with E-state index in [9.17, 15) is 4.79 Å². The molecule has 0 spiro atoms. The minimum Gasteiger partial charge on any atom is -0.467 e. The minimum absolute atomic E-state index is 0.266. The first-order valence-corrected chi connectivity index (χ1v) is 4.73. The second-order valence-electron chi connectivity index (χ2n) is 3.34. The summed E-state index contributed by atoms with van der Waals surface area (Å²) in [7, 11) is 1.39.